The number of sulfonamides is 1. The Labute approximate surface area is 108 Å². The number of nitrogens with one attached hydrogen (secondary N) is 1. The molecule has 0 aromatic rings. The molecule has 0 aromatic carbocycles. The summed E-state index contributed by atoms with van der Waals surface area (Å²) in [6.07, 6.45) is 4.65. The van der Waals surface area contributed by atoms with E-state index in [4.69, 9.17) is 16.3 Å². The van der Waals surface area contributed by atoms with Crippen molar-refractivity contribution in [3.8, 4) is 0 Å². The summed E-state index contributed by atoms with van der Waals surface area (Å²) in [5.74, 6) is 0.501. The van der Waals surface area contributed by atoms with E-state index in [1.807, 2.05) is 0 Å². The van der Waals surface area contributed by atoms with Crippen LogP contribution in [0.15, 0.2) is 0 Å². The van der Waals surface area contributed by atoms with E-state index >= 15 is 0 Å². The zero-order valence-electron chi connectivity index (χ0n) is 9.90. The molecule has 0 amide bonds. The SMILES string of the molecule is O=S(=O)(CC1CCCO1)NCC1CCC(Cl)C1. The molecule has 3 unspecified atom stereocenters. The lowest BCUT2D eigenvalue weighted by Crippen LogP contribution is -2.34. The van der Waals surface area contributed by atoms with Crippen LogP contribution in [0, 0.1) is 5.92 Å². The molecule has 1 aliphatic heterocycles. The Bertz CT molecular complexity index is 341. The first-order chi connectivity index (χ1) is 8.05. The first kappa shape index (κ1) is 13.6. The third kappa shape index (κ3) is 4.39. The molecule has 0 radical (unpaired) electrons. The smallest absolute Gasteiger partial charge is 0.214 e. The van der Waals surface area contributed by atoms with Crippen molar-refractivity contribution in [1.82, 2.24) is 4.72 Å². The van der Waals surface area contributed by atoms with Crippen LogP contribution in [0.5, 0.6) is 0 Å². The minimum atomic E-state index is -3.19. The lowest BCUT2D eigenvalue weighted by atomic mass is 10.1. The van der Waals surface area contributed by atoms with Crippen molar-refractivity contribution in [2.45, 2.75) is 43.6 Å². The minimum absolute atomic E-state index is 0.101. The highest BCUT2D eigenvalue weighted by atomic mass is 35.5. The van der Waals surface area contributed by atoms with Crippen molar-refractivity contribution in [1.29, 1.82) is 0 Å². The standard InChI is InChI=1S/C11H20ClNO3S/c12-10-4-3-9(6-10)7-13-17(14,15)8-11-2-1-5-16-11/h9-11,13H,1-8H2. The van der Waals surface area contributed by atoms with Crippen LogP contribution in [0.2, 0.25) is 0 Å². The van der Waals surface area contributed by atoms with Crippen LogP contribution >= 0.6 is 11.6 Å². The van der Waals surface area contributed by atoms with Gasteiger partial charge in [-0.25, -0.2) is 13.1 Å². The lowest BCUT2D eigenvalue weighted by molar-refractivity contribution is 0.127. The summed E-state index contributed by atoms with van der Waals surface area (Å²) in [5.41, 5.74) is 0. The zero-order valence-corrected chi connectivity index (χ0v) is 11.5. The molecule has 2 aliphatic rings. The van der Waals surface area contributed by atoms with Gasteiger partial charge in [0.05, 0.1) is 11.9 Å². The molecular weight excluding hydrogens is 262 g/mol. The lowest BCUT2D eigenvalue weighted by Gasteiger charge is -2.14. The van der Waals surface area contributed by atoms with Gasteiger partial charge in [0, 0.05) is 18.5 Å². The number of hydrogen-bond donors (Lipinski definition) is 1. The number of alkyl halides is 1. The van der Waals surface area contributed by atoms with Gasteiger partial charge in [-0.1, -0.05) is 0 Å². The van der Waals surface area contributed by atoms with E-state index in [0.29, 0.717) is 19.1 Å². The van der Waals surface area contributed by atoms with Crippen molar-refractivity contribution in [2.24, 2.45) is 5.92 Å². The van der Waals surface area contributed by atoms with E-state index in [0.717, 1.165) is 32.1 Å². The van der Waals surface area contributed by atoms with Crippen LogP contribution in [0.3, 0.4) is 0 Å². The van der Waals surface area contributed by atoms with Gasteiger partial charge in [-0.2, -0.15) is 0 Å². The van der Waals surface area contributed by atoms with Gasteiger partial charge < -0.3 is 4.74 Å². The topological polar surface area (TPSA) is 55.4 Å². The van der Waals surface area contributed by atoms with Gasteiger partial charge in [0.15, 0.2) is 0 Å². The Kier molecular flexibility index (Phi) is 4.69. The quantitative estimate of drug-likeness (QED) is 0.777. The van der Waals surface area contributed by atoms with Gasteiger partial charge in [0.2, 0.25) is 10.0 Å². The van der Waals surface area contributed by atoms with E-state index in [2.05, 4.69) is 4.72 Å². The van der Waals surface area contributed by atoms with Gasteiger partial charge in [-0.15, -0.1) is 11.6 Å². The van der Waals surface area contributed by atoms with Crippen LogP contribution in [-0.2, 0) is 14.8 Å². The highest BCUT2D eigenvalue weighted by Crippen LogP contribution is 2.28. The zero-order chi connectivity index (χ0) is 12.3. The normalized spacial score (nSPS) is 34.3. The number of hydrogen-bond acceptors (Lipinski definition) is 3. The maximum Gasteiger partial charge on any atom is 0.214 e. The monoisotopic (exact) mass is 281 g/mol. The Balaban J connectivity index is 1.73. The molecule has 4 nitrogen and oxygen atoms in total. The highest BCUT2D eigenvalue weighted by molar-refractivity contribution is 7.89. The highest BCUT2D eigenvalue weighted by Gasteiger charge is 2.26. The maximum atomic E-state index is 11.8. The largest absolute Gasteiger partial charge is 0.377 e. The first-order valence-corrected chi connectivity index (χ1v) is 8.37. The molecule has 6 heteroatoms. The molecule has 1 saturated heterocycles. The molecule has 3 atom stereocenters. The fourth-order valence-electron chi connectivity index (χ4n) is 2.52. The molecule has 100 valence electrons. The Hall–Kier alpha value is 0.160. The third-order valence-electron chi connectivity index (χ3n) is 3.50. The van der Waals surface area contributed by atoms with Crippen molar-refractivity contribution in [3.63, 3.8) is 0 Å². The second kappa shape index (κ2) is 5.87. The summed E-state index contributed by atoms with van der Waals surface area (Å²) in [4.78, 5) is 0. The van der Waals surface area contributed by atoms with E-state index in [1.165, 1.54) is 0 Å². The second-order valence-corrected chi connectivity index (χ2v) is 7.51. The average Bonchev–Trinajstić information content (AvgIpc) is 2.86. The average molecular weight is 282 g/mol. The second-order valence-electron chi connectivity index (χ2n) is 5.04. The summed E-state index contributed by atoms with van der Waals surface area (Å²) in [7, 11) is -3.19. The number of rotatable bonds is 5. The van der Waals surface area contributed by atoms with Crippen LogP contribution in [-0.4, -0.2) is 38.8 Å². The molecular formula is C11H20ClNO3S. The van der Waals surface area contributed by atoms with E-state index in [9.17, 15) is 8.42 Å². The molecule has 1 aliphatic carbocycles. The van der Waals surface area contributed by atoms with Gasteiger partial charge in [-0.3, -0.25) is 0 Å². The fraction of sp³-hybridized carbons (Fsp3) is 1.00. The van der Waals surface area contributed by atoms with Crippen molar-refractivity contribution >= 4 is 21.6 Å². The van der Waals surface area contributed by atoms with Crippen molar-refractivity contribution in [2.75, 3.05) is 18.9 Å². The van der Waals surface area contributed by atoms with Crippen LogP contribution in [0.4, 0.5) is 0 Å². The van der Waals surface area contributed by atoms with Gasteiger partial charge >= 0.3 is 0 Å². The molecule has 2 rings (SSSR count). The molecule has 1 N–H and O–H groups in total. The predicted octanol–water partition coefficient (Wildman–Crippen LogP) is 1.49. The van der Waals surface area contributed by atoms with Crippen LogP contribution < -0.4 is 4.72 Å². The summed E-state index contributed by atoms with van der Waals surface area (Å²) in [6, 6.07) is 0. The molecule has 2 fully saturated rings. The molecule has 0 aromatic heterocycles. The Morgan fingerprint density at radius 3 is 2.71 bits per heavy atom. The molecule has 1 saturated carbocycles. The molecule has 0 spiro atoms. The van der Waals surface area contributed by atoms with E-state index < -0.39 is 10.0 Å². The summed E-state index contributed by atoms with van der Waals surface area (Å²) < 4.78 is 31.6. The minimum Gasteiger partial charge on any atom is -0.377 e. The first-order valence-electron chi connectivity index (χ1n) is 6.28. The van der Waals surface area contributed by atoms with Gasteiger partial charge in [0.25, 0.3) is 0 Å². The van der Waals surface area contributed by atoms with Crippen LogP contribution in [0.1, 0.15) is 32.1 Å². The molecule has 1 heterocycles. The molecule has 0 bridgehead atoms. The summed E-state index contributed by atoms with van der Waals surface area (Å²) in [5, 5.41) is 0.225. The maximum absolute atomic E-state index is 11.8. The number of halogens is 1. The van der Waals surface area contributed by atoms with E-state index in [-0.39, 0.29) is 17.2 Å². The number of ether oxygens (including phenoxy) is 1. The van der Waals surface area contributed by atoms with Gasteiger partial charge in [0.1, 0.15) is 0 Å². The predicted molar refractivity (Wildman–Crippen MR) is 67.7 cm³/mol. The van der Waals surface area contributed by atoms with Crippen molar-refractivity contribution in [3.05, 3.63) is 0 Å². The van der Waals surface area contributed by atoms with Crippen LogP contribution in [0.25, 0.3) is 0 Å². The Morgan fingerprint density at radius 1 is 1.29 bits per heavy atom. The summed E-state index contributed by atoms with van der Waals surface area (Å²) >= 11 is 6.00. The van der Waals surface area contributed by atoms with Crippen molar-refractivity contribution < 1.29 is 13.2 Å². The third-order valence-corrected chi connectivity index (χ3v) is 5.31. The molecule has 17 heavy (non-hydrogen) atoms. The van der Waals surface area contributed by atoms with E-state index in [1.54, 1.807) is 0 Å². The van der Waals surface area contributed by atoms with Gasteiger partial charge in [-0.05, 0) is 38.0 Å². The Morgan fingerprint density at radius 2 is 2.12 bits per heavy atom. The summed E-state index contributed by atoms with van der Waals surface area (Å²) in [6.45, 7) is 1.22. The fourth-order valence-corrected chi connectivity index (χ4v) is 4.26.